The largest absolute Gasteiger partial charge is 0.339 e. The predicted octanol–water partition coefficient (Wildman–Crippen LogP) is 4.67. The summed E-state index contributed by atoms with van der Waals surface area (Å²) in [5, 5.41) is 5.51. The predicted molar refractivity (Wildman–Crippen MR) is 102 cm³/mol. The summed E-state index contributed by atoms with van der Waals surface area (Å²) >= 11 is 6.18. The average molecular weight is 360 g/mol. The van der Waals surface area contributed by atoms with Gasteiger partial charge >= 0.3 is 0 Å². The molecule has 0 aliphatic carbocycles. The van der Waals surface area contributed by atoms with E-state index in [-0.39, 0.29) is 5.91 Å². The lowest BCUT2D eigenvalue weighted by atomic mass is 10.0. The molecule has 1 aromatic heterocycles. The van der Waals surface area contributed by atoms with Gasteiger partial charge in [0, 0.05) is 18.1 Å². The second-order valence-electron chi connectivity index (χ2n) is 6.66. The fourth-order valence-electron chi connectivity index (χ4n) is 3.53. The summed E-state index contributed by atoms with van der Waals surface area (Å²) in [5.74, 6) is 0.151. The van der Waals surface area contributed by atoms with Crippen LogP contribution in [0.5, 0.6) is 0 Å². The molecule has 4 nitrogen and oxygen atoms in total. The van der Waals surface area contributed by atoms with Crippen LogP contribution in [-0.2, 0) is 12.8 Å². The van der Waals surface area contributed by atoms with Crippen molar-refractivity contribution < 1.29 is 4.79 Å². The Morgan fingerprint density at radius 3 is 2.52 bits per heavy atom. The quantitative estimate of drug-likeness (QED) is 0.751. The van der Waals surface area contributed by atoms with Gasteiger partial charge in [-0.3, -0.25) is 4.79 Å². The van der Waals surface area contributed by atoms with E-state index in [1.165, 1.54) is 0 Å². The van der Waals surface area contributed by atoms with E-state index < -0.39 is 0 Å². The van der Waals surface area contributed by atoms with E-state index in [0.29, 0.717) is 5.02 Å². The Labute approximate surface area is 154 Å². The molecule has 1 fully saturated rings. The maximum atomic E-state index is 13.2. The maximum absolute atomic E-state index is 13.2. The first-order valence-corrected chi connectivity index (χ1v) is 9.69. The van der Waals surface area contributed by atoms with Crippen LogP contribution in [0.25, 0.3) is 5.69 Å². The van der Waals surface area contributed by atoms with Gasteiger partial charge in [-0.2, -0.15) is 5.10 Å². The Balaban J connectivity index is 2.12. The number of hydrogen-bond donors (Lipinski definition) is 0. The van der Waals surface area contributed by atoms with E-state index in [1.54, 1.807) is 0 Å². The second-order valence-corrected chi connectivity index (χ2v) is 7.10. The van der Waals surface area contributed by atoms with Crippen LogP contribution in [0.1, 0.15) is 61.3 Å². The van der Waals surface area contributed by atoms with E-state index in [0.717, 1.165) is 74.3 Å². The van der Waals surface area contributed by atoms with Crippen molar-refractivity contribution in [2.75, 3.05) is 13.1 Å². The highest BCUT2D eigenvalue weighted by Gasteiger charge is 2.28. The Kier molecular flexibility index (Phi) is 5.79. The third-order valence-electron chi connectivity index (χ3n) is 4.69. The Bertz CT molecular complexity index is 747. The third-order valence-corrected chi connectivity index (χ3v) is 4.92. The van der Waals surface area contributed by atoms with Crippen molar-refractivity contribution in [1.82, 2.24) is 14.7 Å². The summed E-state index contributed by atoms with van der Waals surface area (Å²) in [7, 11) is 0. The monoisotopic (exact) mass is 359 g/mol. The lowest BCUT2D eigenvalue weighted by Gasteiger charge is -2.17. The van der Waals surface area contributed by atoms with Gasteiger partial charge in [-0.25, -0.2) is 4.68 Å². The number of nitrogens with zero attached hydrogens (tertiary/aromatic N) is 3. The van der Waals surface area contributed by atoms with Crippen LogP contribution in [-0.4, -0.2) is 33.7 Å². The molecule has 3 rings (SSSR count). The van der Waals surface area contributed by atoms with Crippen LogP contribution >= 0.6 is 11.6 Å². The first-order valence-electron chi connectivity index (χ1n) is 9.31. The van der Waals surface area contributed by atoms with Gasteiger partial charge in [-0.15, -0.1) is 0 Å². The summed E-state index contributed by atoms with van der Waals surface area (Å²) < 4.78 is 1.93. The number of carbonyl (C=O) groups excluding carboxylic acids is 1. The summed E-state index contributed by atoms with van der Waals surface area (Å²) in [6.07, 6.45) is 5.79. The summed E-state index contributed by atoms with van der Waals surface area (Å²) in [5.41, 5.74) is 3.69. The number of hydrogen-bond acceptors (Lipinski definition) is 2. The number of halogens is 1. The molecule has 1 saturated heterocycles. The first-order chi connectivity index (χ1) is 12.2. The lowest BCUT2D eigenvalue weighted by molar-refractivity contribution is 0.0790. The molecular formula is C20H26ClN3O. The minimum Gasteiger partial charge on any atom is -0.339 e. The Morgan fingerprint density at radius 2 is 1.88 bits per heavy atom. The molecule has 2 aromatic rings. The minimum atomic E-state index is 0.151. The van der Waals surface area contributed by atoms with Gasteiger partial charge in [-0.05, 0) is 43.9 Å². The molecule has 1 aliphatic rings. The molecule has 1 aliphatic heterocycles. The number of aryl methyl sites for hydroxylation is 1. The minimum absolute atomic E-state index is 0.151. The average Bonchev–Trinajstić information content (AvgIpc) is 3.24. The van der Waals surface area contributed by atoms with Crippen LogP contribution in [0.2, 0.25) is 5.02 Å². The summed E-state index contributed by atoms with van der Waals surface area (Å²) in [6.45, 7) is 5.98. The molecule has 0 atom stereocenters. The molecule has 134 valence electrons. The number of benzene rings is 1. The highest BCUT2D eigenvalue weighted by atomic mass is 35.5. The first kappa shape index (κ1) is 18.0. The Hall–Kier alpha value is -1.81. The number of rotatable bonds is 6. The summed E-state index contributed by atoms with van der Waals surface area (Å²) in [4.78, 5) is 15.2. The smallest absolute Gasteiger partial charge is 0.257 e. The molecule has 25 heavy (non-hydrogen) atoms. The van der Waals surface area contributed by atoms with Gasteiger partial charge in [0.15, 0.2) is 0 Å². The van der Waals surface area contributed by atoms with Gasteiger partial charge in [-0.1, -0.05) is 44.4 Å². The standard InChI is InChI=1S/C20H26ClN3O/c1-3-8-17-19(20(25)23-12-5-6-13-23)18(9-4-2)24(22-17)16-11-7-10-15(21)14-16/h7,10-11,14H,3-6,8-9,12-13H2,1-2H3. The molecule has 2 heterocycles. The number of amides is 1. The van der Waals surface area contributed by atoms with Gasteiger partial charge in [0.2, 0.25) is 0 Å². The van der Waals surface area contributed by atoms with E-state index in [2.05, 4.69) is 13.8 Å². The topological polar surface area (TPSA) is 38.1 Å². The highest BCUT2D eigenvalue weighted by molar-refractivity contribution is 6.30. The molecule has 0 radical (unpaired) electrons. The van der Waals surface area contributed by atoms with Crippen molar-refractivity contribution in [2.24, 2.45) is 0 Å². The molecule has 0 saturated carbocycles. The molecule has 0 bridgehead atoms. The fourth-order valence-corrected chi connectivity index (χ4v) is 3.71. The third kappa shape index (κ3) is 3.74. The van der Waals surface area contributed by atoms with E-state index >= 15 is 0 Å². The van der Waals surface area contributed by atoms with Crippen LogP contribution in [0, 0.1) is 0 Å². The van der Waals surface area contributed by atoms with Gasteiger partial charge in [0.05, 0.1) is 22.6 Å². The van der Waals surface area contributed by atoms with E-state index in [4.69, 9.17) is 16.7 Å². The normalized spacial score (nSPS) is 14.3. The van der Waals surface area contributed by atoms with Crippen molar-refractivity contribution in [3.05, 3.63) is 46.2 Å². The van der Waals surface area contributed by atoms with Crippen molar-refractivity contribution in [3.63, 3.8) is 0 Å². The van der Waals surface area contributed by atoms with Crippen molar-refractivity contribution >= 4 is 17.5 Å². The van der Waals surface area contributed by atoms with Crippen LogP contribution in [0.3, 0.4) is 0 Å². The zero-order valence-corrected chi connectivity index (χ0v) is 15.9. The van der Waals surface area contributed by atoms with Gasteiger partial charge in [0.25, 0.3) is 5.91 Å². The second kappa shape index (κ2) is 8.05. The lowest BCUT2D eigenvalue weighted by Crippen LogP contribution is -2.29. The fraction of sp³-hybridized carbons (Fsp3) is 0.500. The molecule has 1 aromatic carbocycles. The molecule has 0 spiro atoms. The van der Waals surface area contributed by atoms with Crippen LogP contribution < -0.4 is 0 Å². The number of likely N-dealkylation sites (tertiary alicyclic amines) is 1. The summed E-state index contributed by atoms with van der Waals surface area (Å²) in [6, 6.07) is 7.69. The number of carbonyl (C=O) groups is 1. The van der Waals surface area contributed by atoms with Gasteiger partial charge in [0.1, 0.15) is 0 Å². The molecular weight excluding hydrogens is 334 g/mol. The molecule has 5 heteroatoms. The van der Waals surface area contributed by atoms with Gasteiger partial charge < -0.3 is 4.90 Å². The highest BCUT2D eigenvalue weighted by Crippen LogP contribution is 2.26. The molecule has 0 N–H and O–H groups in total. The maximum Gasteiger partial charge on any atom is 0.257 e. The van der Waals surface area contributed by atoms with Crippen LogP contribution in [0.4, 0.5) is 0 Å². The van der Waals surface area contributed by atoms with E-state index in [9.17, 15) is 4.79 Å². The zero-order chi connectivity index (χ0) is 17.8. The number of aromatic nitrogens is 2. The SMILES string of the molecule is CCCc1nn(-c2cccc(Cl)c2)c(CCC)c1C(=O)N1CCCC1. The molecule has 0 unspecified atom stereocenters. The van der Waals surface area contributed by atoms with Crippen molar-refractivity contribution in [1.29, 1.82) is 0 Å². The van der Waals surface area contributed by atoms with E-state index in [1.807, 2.05) is 33.8 Å². The van der Waals surface area contributed by atoms with Crippen molar-refractivity contribution in [2.45, 2.75) is 52.4 Å². The van der Waals surface area contributed by atoms with Crippen LogP contribution in [0.15, 0.2) is 24.3 Å². The molecule has 1 amide bonds. The zero-order valence-electron chi connectivity index (χ0n) is 15.1. The van der Waals surface area contributed by atoms with Crippen molar-refractivity contribution in [3.8, 4) is 5.69 Å². The Morgan fingerprint density at radius 1 is 1.16 bits per heavy atom.